The highest BCUT2D eigenvalue weighted by Crippen LogP contribution is 2.32. The van der Waals surface area contributed by atoms with Crippen molar-refractivity contribution in [3.63, 3.8) is 0 Å². The van der Waals surface area contributed by atoms with Gasteiger partial charge in [0.05, 0.1) is 24.2 Å². The molecule has 1 saturated heterocycles. The molecule has 3 rings (SSSR count). The number of rotatable bonds is 8. The number of hydrogen-bond acceptors (Lipinski definition) is 13. The molecule has 1 aromatic carbocycles. The number of nitro benzene ring substituents is 1. The van der Waals surface area contributed by atoms with Crippen molar-refractivity contribution in [2.24, 2.45) is 0 Å². The number of nitro groups is 1. The number of nitrogens with one attached hydrogen (secondary N) is 1. The van der Waals surface area contributed by atoms with Gasteiger partial charge >= 0.3 is 11.7 Å². The summed E-state index contributed by atoms with van der Waals surface area (Å²) in [6, 6.07) is 3.31. The van der Waals surface area contributed by atoms with Crippen LogP contribution in [0.15, 0.2) is 18.2 Å². The molecule has 2 heterocycles. The zero-order chi connectivity index (χ0) is 22.5. The molecule has 1 fully saturated rings. The van der Waals surface area contributed by atoms with Gasteiger partial charge in [0.25, 0.3) is 0 Å². The summed E-state index contributed by atoms with van der Waals surface area (Å²) in [6.45, 7) is -0.896. The van der Waals surface area contributed by atoms with E-state index in [-0.39, 0.29) is 23.7 Å². The Kier molecular flexibility index (Phi) is 7.03. The van der Waals surface area contributed by atoms with Crippen LogP contribution < -0.4 is 4.74 Å². The number of esters is 1. The number of carbonyl (C=O) groups excluding carboxylic acids is 1. The molecule has 0 unspecified atom stereocenters. The van der Waals surface area contributed by atoms with Gasteiger partial charge in [-0.2, -0.15) is 5.21 Å². The molecule has 0 radical (unpaired) electrons. The summed E-state index contributed by atoms with van der Waals surface area (Å²) >= 11 is 0. The van der Waals surface area contributed by atoms with Crippen LogP contribution in [0, 0.1) is 10.1 Å². The van der Waals surface area contributed by atoms with Crippen LogP contribution in [0.5, 0.6) is 5.75 Å². The second-order valence-corrected chi connectivity index (χ2v) is 6.36. The van der Waals surface area contributed by atoms with E-state index in [0.29, 0.717) is 0 Å². The summed E-state index contributed by atoms with van der Waals surface area (Å²) < 4.78 is 20.8. The van der Waals surface area contributed by atoms with Crippen molar-refractivity contribution in [3.05, 3.63) is 39.7 Å². The monoisotopic (exact) mass is 441 g/mol. The summed E-state index contributed by atoms with van der Waals surface area (Å²) in [5, 5.41) is 54.7. The van der Waals surface area contributed by atoms with Gasteiger partial charge in [0, 0.05) is 6.07 Å². The molecule has 0 bridgehead atoms. The number of aliphatic hydroxyl groups is 3. The van der Waals surface area contributed by atoms with E-state index in [0.717, 1.165) is 19.2 Å². The highest BCUT2D eigenvalue weighted by atomic mass is 16.7. The standard InChI is InChI=1S/C16H19N5O10/c1-28-15(25)7-2-3-9(8(4-7)21(26)27)30-16-13(24)14(12(23)10(5-22)31-16)29-6-11-17-19-20-18-11/h2-4,10,12-14,16,22-24H,5-6H2,1H3,(H,17,18,19,20)/t10-,12+,13-,14+,16-/m1/s1. The Labute approximate surface area is 173 Å². The van der Waals surface area contributed by atoms with Gasteiger partial charge in [0.1, 0.15) is 31.0 Å². The zero-order valence-electron chi connectivity index (χ0n) is 16.0. The van der Waals surface area contributed by atoms with Gasteiger partial charge in [-0.15, -0.1) is 10.2 Å². The van der Waals surface area contributed by atoms with Crippen molar-refractivity contribution < 1.29 is 44.0 Å². The van der Waals surface area contributed by atoms with E-state index in [2.05, 4.69) is 25.4 Å². The van der Waals surface area contributed by atoms with Gasteiger partial charge in [0.2, 0.25) is 6.29 Å². The molecule has 0 amide bonds. The molecule has 31 heavy (non-hydrogen) atoms. The number of aromatic amines is 1. The van der Waals surface area contributed by atoms with Gasteiger partial charge in [-0.1, -0.05) is 5.21 Å². The SMILES string of the molecule is COC(=O)c1ccc(O[C@@H]2O[C@H](CO)[C@H](O)[C@H](OCc3nn[nH]n3)[C@H]2O)c([N+](=O)[O-])c1. The Bertz CT molecular complexity index is 910. The largest absolute Gasteiger partial charge is 0.465 e. The van der Waals surface area contributed by atoms with Gasteiger partial charge in [-0.3, -0.25) is 10.1 Å². The minimum Gasteiger partial charge on any atom is -0.465 e. The predicted octanol–water partition coefficient (Wildman–Crippen LogP) is -1.70. The highest BCUT2D eigenvalue weighted by molar-refractivity contribution is 5.90. The molecule has 15 nitrogen and oxygen atoms in total. The molecule has 15 heteroatoms. The minimum absolute atomic E-state index is 0.0864. The second kappa shape index (κ2) is 9.71. The topological polar surface area (TPSA) is 212 Å². The number of aliphatic hydroxyl groups excluding tert-OH is 3. The number of carbonyl (C=O) groups is 1. The quantitative estimate of drug-likeness (QED) is 0.204. The van der Waals surface area contributed by atoms with Crippen molar-refractivity contribution in [1.29, 1.82) is 0 Å². The third-order valence-electron chi connectivity index (χ3n) is 4.44. The lowest BCUT2D eigenvalue weighted by molar-refractivity contribution is -0.387. The number of aromatic nitrogens is 4. The average molecular weight is 441 g/mol. The van der Waals surface area contributed by atoms with E-state index in [1.54, 1.807) is 0 Å². The van der Waals surface area contributed by atoms with Crippen molar-refractivity contribution in [3.8, 4) is 5.75 Å². The fourth-order valence-corrected chi connectivity index (χ4v) is 2.89. The molecule has 168 valence electrons. The molecule has 4 N–H and O–H groups in total. The van der Waals surface area contributed by atoms with Crippen molar-refractivity contribution in [2.45, 2.75) is 37.3 Å². The minimum atomic E-state index is -1.62. The van der Waals surface area contributed by atoms with Crippen molar-refractivity contribution in [1.82, 2.24) is 20.6 Å². The van der Waals surface area contributed by atoms with E-state index >= 15 is 0 Å². The summed E-state index contributed by atoms with van der Waals surface area (Å²) in [4.78, 5) is 22.3. The van der Waals surface area contributed by atoms with E-state index in [4.69, 9.17) is 14.2 Å². The molecular formula is C16H19N5O10. The molecular weight excluding hydrogens is 422 g/mol. The summed E-state index contributed by atoms with van der Waals surface area (Å²) in [7, 11) is 1.12. The zero-order valence-corrected chi connectivity index (χ0v) is 16.0. The fraction of sp³-hybridized carbons (Fsp3) is 0.500. The van der Waals surface area contributed by atoms with Crippen LogP contribution in [0.25, 0.3) is 0 Å². The van der Waals surface area contributed by atoms with Gasteiger partial charge < -0.3 is 34.3 Å². The smallest absolute Gasteiger partial charge is 0.338 e. The first-order valence-electron chi connectivity index (χ1n) is 8.85. The van der Waals surface area contributed by atoms with Crippen LogP contribution in [-0.4, -0.2) is 91.3 Å². The summed E-state index contributed by atoms with van der Waals surface area (Å²) in [6.07, 6.45) is -7.17. The molecule has 5 atom stereocenters. The lowest BCUT2D eigenvalue weighted by Crippen LogP contribution is -2.60. The number of tetrazole rings is 1. The Morgan fingerprint density at radius 1 is 1.35 bits per heavy atom. The normalized spacial score (nSPS) is 25.7. The number of benzene rings is 1. The van der Waals surface area contributed by atoms with E-state index in [9.17, 15) is 30.2 Å². The van der Waals surface area contributed by atoms with Crippen LogP contribution in [0.1, 0.15) is 16.2 Å². The van der Waals surface area contributed by atoms with Crippen molar-refractivity contribution in [2.75, 3.05) is 13.7 Å². The van der Waals surface area contributed by atoms with Gasteiger partial charge in [0.15, 0.2) is 11.6 Å². The molecule has 2 aromatic rings. The maximum Gasteiger partial charge on any atom is 0.338 e. The van der Waals surface area contributed by atoms with E-state index < -0.39 is 53.9 Å². The van der Waals surface area contributed by atoms with E-state index in [1.165, 1.54) is 6.07 Å². The van der Waals surface area contributed by atoms with Crippen LogP contribution in [0.3, 0.4) is 0 Å². The van der Waals surface area contributed by atoms with Gasteiger partial charge in [-0.05, 0) is 12.1 Å². The van der Waals surface area contributed by atoms with Crippen LogP contribution in [0.2, 0.25) is 0 Å². The molecule has 0 aliphatic carbocycles. The van der Waals surface area contributed by atoms with Crippen LogP contribution in [0.4, 0.5) is 5.69 Å². The third kappa shape index (κ3) is 4.92. The van der Waals surface area contributed by atoms with Crippen LogP contribution in [-0.2, 0) is 20.8 Å². The second-order valence-electron chi connectivity index (χ2n) is 6.36. The Hall–Kier alpha value is -3.24. The summed E-state index contributed by atoms with van der Waals surface area (Å²) in [5.74, 6) is -0.980. The number of hydrogen-bond donors (Lipinski definition) is 4. The fourth-order valence-electron chi connectivity index (χ4n) is 2.89. The first-order chi connectivity index (χ1) is 14.8. The summed E-state index contributed by atoms with van der Waals surface area (Å²) in [5.41, 5.74) is -0.675. The molecule has 1 aliphatic rings. The molecule has 1 aromatic heterocycles. The average Bonchev–Trinajstić information content (AvgIpc) is 3.28. The number of H-pyrrole nitrogens is 1. The number of nitrogens with zero attached hydrogens (tertiary/aromatic N) is 4. The molecule has 0 spiro atoms. The maximum absolute atomic E-state index is 11.6. The maximum atomic E-state index is 11.6. The van der Waals surface area contributed by atoms with E-state index in [1.807, 2.05) is 0 Å². The van der Waals surface area contributed by atoms with Crippen molar-refractivity contribution >= 4 is 11.7 Å². The molecule has 1 aliphatic heterocycles. The number of methoxy groups -OCH3 is 1. The third-order valence-corrected chi connectivity index (χ3v) is 4.44. The Morgan fingerprint density at radius 3 is 2.74 bits per heavy atom. The molecule has 0 saturated carbocycles. The Balaban J connectivity index is 1.82. The lowest BCUT2D eigenvalue weighted by atomic mass is 9.99. The predicted molar refractivity (Wildman–Crippen MR) is 95.6 cm³/mol. The first-order valence-corrected chi connectivity index (χ1v) is 8.85. The highest BCUT2D eigenvalue weighted by Gasteiger charge is 2.47. The van der Waals surface area contributed by atoms with Crippen LogP contribution >= 0.6 is 0 Å². The Morgan fingerprint density at radius 2 is 2.13 bits per heavy atom. The lowest BCUT2D eigenvalue weighted by Gasteiger charge is -2.41. The van der Waals surface area contributed by atoms with Gasteiger partial charge in [-0.25, -0.2) is 4.79 Å². The first kappa shape index (κ1) is 22.4. The number of ether oxygens (including phenoxy) is 4.